The number of anilines is 1. The largest absolute Gasteiger partial charge is 0.328 e. The average molecular weight is 232 g/mol. The Morgan fingerprint density at radius 3 is 2.59 bits per heavy atom. The number of hydrogen-bond donors (Lipinski definition) is 1. The van der Waals surface area contributed by atoms with Gasteiger partial charge in [0.25, 0.3) is 0 Å². The molecule has 0 unspecified atom stereocenters. The molecule has 0 aromatic heterocycles. The van der Waals surface area contributed by atoms with E-state index in [1.54, 1.807) is 4.90 Å². The van der Waals surface area contributed by atoms with Crippen molar-refractivity contribution in [3.8, 4) is 0 Å². The summed E-state index contributed by atoms with van der Waals surface area (Å²) < 4.78 is 0. The van der Waals surface area contributed by atoms with Gasteiger partial charge in [-0.3, -0.25) is 15.0 Å². The maximum Gasteiger partial charge on any atom is 0.328 e. The molecule has 1 atom stereocenters. The Morgan fingerprint density at radius 1 is 1.29 bits per heavy atom. The molecule has 1 aliphatic rings. The molecule has 4 nitrogen and oxygen atoms in total. The third kappa shape index (κ3) is 2.16. The molecule has 0 aliphatic carbocycles. The van der Waals surface area contributed by atoms with Gasteiger partial charge in [0.2, 0.25) is 5.91 Å². The Hall–Kier alpha value is -1.84. The van der Waals surface area contributed by atoms with Crippen LogP contribution in [0, 0.1) is 13.8 Å². The molecular weight excluding hydrogens is 216 g/mol. The van der Waals surface area contributed by atoms with Crippen LogP contribution in [0.1, 0.15) is 24.5 Å². The van der Waals surface area contributed by atoms with E-state index in [0.717, 1.165) is 16.8 Å². The fourth-order valence-corrected chi connectivity index (χ4v) is 2.21. The van der Waals surface area contributed by atoms with Gasteiger partial charge in [-0.05, 0) is 32.4 Å². The number of amides is 3. The van der Waals surface area contributed by atoms with Gasteiger partial charge in [0.05, 0.1) is 0 Å². The third-order valence-electron chi connectivity index (χ3n) is 3.00. The lowest BCUT2D eigenvalue weighted by molar-refractivity contribution is -0.120. The summed E-state index contributed by atoms with van der Waals surface area (Å²) in [7, 11) is 0. The topological polar surface area (TPSA) is 49.4 Å². The zero-order valence-electron chi connectivity index (χ0n) is 10.3. The summed E-state index contributed by atoms with van der Waals surface area (Å²) in [5, 5.41) is 2.35. The molecule has 4 heteroatoms. The number of carbonyl (C=O) groups is 2. The summed E-state index contributed by atoms with van der Waals surface area (Å²) in [6, 6.07) is 5.50. The van der Waals surface area contributed by atoms with E-state index in [9.17, 15) is 9.59 Å². The monoisotopic (exact) mass is 232 g/mol. The molecule has 1 fully saturated rings. The van der Waals surface area contributed by atoms with Crippen LogP contribution in [0.3, 0.4) is 0 Å². The van der Waals surface area contributed by atoms with Crippen LogP contribution in [0.4, 0.5) is 10.5 Å². The van der Waals surface area contributed by atoms with Gasteiger partial charge in [-0.25, -0.2) is 4.79 Å². The highest BCUT2D eigenvalue weighted by Crippen LogP contribution is 2.25. The predicted molar refractivity (Wildman–Crippen MR) is 66.0 cm³/mol. The first-order valence-corrected chi connectivity index (χ1v) is 5.69. The van der Waals surface area contributed by atoms with Crippen LogP contribution in [0.5, 0.6) is 0 Å². The first kappa shape index (κ1) is 11.6. The number of rotatable bonds is 1. The van der Waals surface area contributed by atoms with Gasteiger partial charge < -0.3 is 0 Å². The van der Waals surface area contributed by atoms with Crippen molar-refractivity contribution in [2.45, 2.75) is 33.2 Å². The van der Waals surface area contributed by atoms with Crippen molar-refractivity contribution in [3.63, 3.8) is 0 Å². The van der Waals surface area contributed by atoms with E-state index in [1.165, 1.54) is 0 Å². The van der Waals surface area contributed by atoms with E-state index in [1.807, 2.05) is 39.0 Å². The molecule has 1 aromatic rings. The Balaban J connectivity index is 2.38. The van der Waals surface area contributed by atoms with Crippen LogP contribution in [0.2, 0.25) is 0 Å². The van der Waals surface area contributed by atoms with E-state index < -0.39 is 0 Å². The molecule has 3 amide bonds. The van der Waals surface area contributed by atoms with Crippen molar-refractivity contribution < 1.29 is 9.59 Å². The number of carbonyl (C=O) groups excluding carboxylic acids is 2. The Bertz CT molecular complexity index is 482. The number of nitrogens with one attached hydrogen (secondary N) is 1. The van der Waals surface area contributed by atoms with Gasteiger partial charge in [0, 0.05) is 18.2 Å². The number of urea groups is 1. The van der Waals surface area contributed by atoms with E-state index in [-0.39, 0.29) is 18.0 Å². The highest BCUT2D eigenvalue weighted by Gasteiger charge is 2.31. The molecule has 0 bridgehead atoms. The van der Waals surface area contributed by atoms with Gasteiger partial charge in [-0.15, -0.1) is 0 Å². The summed E-state index contributed by atoms with van der Waals surface area (Å²) in [5.41, 5.74) is 3.07. The van der Waals surface area contributed by atoms with Crippen LogP contribution in [-0.4, -0.2) is 18.0 Å². The number of imide groups is 1. The first-order valence-electron chi connectivity index (χ1n) is 5.69. The number of hydrogen-bond acceptors (Lipinski definition) is 2. The zero-order valence-corrected chi connectivity index (χ0v) is 10.3. The van der Waals surface area contributed by atoms with E-state index in [4.69, 9.17) is 0 Å². The second-order valence-corrected chi connectivity index (χ2v) is 4.57. The molecule has 1 saturated heterocycles. The fraction of sp³-hybridized carbons (Fsp3) is 0.385. The molecule has 0 spiro atoms. The first-order chi connectivity index (χ1) is 7.99. The summed E-state index contributed by atoms with van der Waals surface area (Å²) >= 11 is 0. The molecule has 2 rings (SSSR count). The van der Waals surface area contributed by atoms with Crippen LogP contribution in [0.25, 0.3) is 0 Å². The van der Waals surface area contributed by atoms with Crippen LogP contribution < -0.4 is 10.2 Å². The molecule has 0 saturated carbocycles. The van der Waals surface area contributed by atoms with Gasteiger partial charge in [0.15, 0.2) is 0 Å². The molecule has 1 heterocycles. The lowest BCUT2D eigenvalue weighted by Crippen LogP contribution is -2.54. The molecular formula is C13H16N2O2. The Kier molecular flexibility index (Phi) is 2.88. The van der Waals surface area contributed by atoms with Crippen molar-refractivity contribution in [1.29, 1.82) is 0 Å². The van der Waals surface area contributed by atoms with Crippen LogP contribution in [-0.2, 0) is 4.79 Å². The lowest BCUT2D eigenvalue weighted by Gasteiger charge is -2.33. The minimum atomic E-state index is -0.333. The van der Waals surface area contributed by atoms with Crippen LogP contribution in [0.15, 0.2) is 18.2 Å². The minimum Gasteiger partial charge on any atom is -0.291 e. The predicted octanol–water partition coefficient (Wildman–Crippen LogP) is 2.14. The fourth-order valence-electron chi connectivity index (χ4n) is 2.21. The van der Waals surface area contributed by atoms with Gasteiger partial charge in [-0.2, -0.15) is 0 Å². The van der Waals surface area contributed by atoms with Crippen molar-refractivity contribution in [1.82, 2.24) is 5.32 Å². The maximum atomic E-state index is 11.8. The second-order valence-electron chi connectivity index (χ2n) is 4.57. The molecule has 1 aliphatic heterocycles. The molecule has 1 aromatic carbocycles. The summed E-state index contributed by atoms with van der Waals surface area (Å²) in [5.74, 6) is -0.205. The van der Waals surface area contributed by atoms with E-state index >= 15 is 0 Å². The van der Waals surface area contributed by atoms with E-state index in [0.29, 0.717) is 6.42 Å². The summed E-state index contributed by atoms with van der Waals surface area (Å²) in [4.78, 5) is 24.7. The average Bonchev–Trinajstić information content (AvgIpc) is 2.19. The van der Waals surface area contributed by atoms with Crippen molar-refractivity contribution in [2.24, 2.45) is 0 Å². The highest BCUT2D eigenvalue weighted by atomic mass is 16.2. The number of aryl methyl sites for hydroxylation is 2. The normalized spacial score (nSPS) is 20.4. The van der Waals surface area contributed by atoms with E-state index in [2.05, 4.69) is 5.32 Å². The third-order valence-corrected chi connectivity index (χ3v) is 3.00. The van der Waals surface area contributed by atoms with Gasteiger partial charge in [-0.1, -0.05) is 17.7 Å². The van der Waals surface area contributed by atoms with Gasteiger partial charge in [0.1, 0.15) is 0 Å². The maximum absolute atomic E-state index is 11.8. The molecule has 0 radical (unpaired) electrons. The standard InChI is InChI=1S/C13H16N2O2/c1-8-4-5-11(9(2)6-8)15-10(3)7-12(16)14-13(15)17/h4-6,10H,7H2,1-3H3,(H,14,16,17)/t10-/m1/s1. The molecule has 1 N–H and O–H groups in total. The smallest absolute Gasteiger partial charge is 0.291 e. The zero-order chi connectivity index (χ0) is 12.6. The lowest BCUT2D eigenvalue weighted by atomic mass is 10.1. The van der Waals surface area contributed by atoms with Crippen molar-refractivity contribution >= 4 is 17.6 Å². The highest BCUT2D eigenvalue weighted by molar-refractivity contribution is 6.06. The SMILES string of the molecule is Cc1ccc(N2C(=O)NC(=O)C[C@H]2C)c(C)c1. The Labute approximate surface area is 101 Å². The van der Waals surface area contributed by atoms with Gasteiger partial charge >= 0.3 is 6.03 Å². The van der Waals surface area contributed by atoms with Crippen molar-refractivity contribution in [3.05, 3.63) is 29.3 Å². The Morgan fingerprint density at radius 2 is 2.00 bits per heavy atom. The molecule has 90 valence electrons. The summed E-state index contributed by atoms with van der Waals surface area (Å²) in [6.07, 6.45) is 0.346. The number of nitrogens with zero attached hydrogens (tertiary/aromatic N) is 1. The van der Waals surface area contributed by atoms with Crippen LogP contribution >= 0.6 is 0 Å². The minimum absolute atomic E-state index is 0.0994. The second kappa shape index (κ2) is 4.20. The number of benzene rings is 1. The quantitative estimate of drug-likeness (QED) is 0.806. The summed E-state index contributed by atoms with van der Waals surface area (Å²) in [6.45, 7) is 5.87. The molecule has 17 heavy (non-hydrogen) atoms. The van der Waals surface area contributed by atoms with Crippen molar-refractivity contribution in [2.75, 3.05) is 4.90 Å².